The van der Waals surface area contributed by atoms with Gasteiger partial charge in [0.2, 0.25) is 5.91 Å². The number of nitrogens with one attached hydrogen (secondary N) is 1. The van der Waals surface area contributed by atoms with E-state index in [2.05, 4.69) is 38.6 Å². The molecule has 7 rings (SSSR count). The summed E-state index contributed by atoms with van der Waals surface area (Å²) in [6, 6.07) is 9.35. The Bertz CT molecular complexity index is 1940. The molecule has 0 radical (unpaired) electrons. The van der Waals surface area contributed by atoms with Gasteiger partial charge in [0, 0.05) is 82.5 Å². The van der Waals surface area contributed by atoms with Crippen molar-refractivity contribution in [3.63, 3.8) is 0 Å². The van der Waals surface area contributed by atoms with Gasteiger partial charge in [0.05, 0.1) is 18.5 Å². The van der Waals surface area contributed by atoms with Crippen LogP contribution in [0.2, 0.25) is 0 Å². The minimum Gasteiger partial charge on any atom is -0.392 e. The predicted octanol–water partition coefficient (Wildman–Crippen LogP) is 3.33. The lowest BCUT2D eigenvalue weighted by Crippen LogP contribution is -2.48. The summed E-state index contributed by atoms with van der Waals surface area (Å²) in [4.78, 5) is 53.5. The number of aliphatic hydroxyl groups excluding tert-OH is 1. The van der Waals surface area contributed by atoms with Crippen molar-refractivity contribution < 1.29 is 14.7 Å². The number of aliphatic hydroxyl groups is 1. The van der Waals surface area contributed by atoms with E-state index in [-0.39, 0.29) is 29.4 Å². The van der Waals surface area contributed by atoms with Crippen molar-refractivity contribution in [3.8, 4) is 11.1 Å². The maximum atomic E-state index is 13.8. The topological polar surface area (TPSA) is 129 Å². The Morgan fingerprint density at radius 1 is 1.00 bits per heavy atom. The second-order valence-electron chi connectivity index (χ2n) is 13.5. The second-order valence-corrected chi connectivity index (χ2v) is 13.5. The number of aryl methyl sites for hydroxylation is 1. The minimum atomic E-state index is -0.330. The largest absolute Gasteiger partial charge is 0.392 e. The van der Waals surface area contributed by atoms with E-state index in [0.717, 1.165) is 31.6 Å². The van der Waals surface area contributed by atoms with E-state index in [9.17, 15) is 19.5 Å². The molecule has 4 aromatic rings. The van der Waals surface area contributed by atoms with Gasteiger partial charge >= 0.3 is 0 Å². The number of hydrogen-bond acceptors (Lipinski definition) is 8. The lowest BCUT2D eigenvalue weighted by Gasteiger charge is -2.35. The summed E-state index contributed by atoms with van der Waals surface area (Å²) in [7, 11) is 1.68. The number of pyridine rings is 3. The average Bonchev–Trinajstić information content (AvgIpc) is 3.55. The van der Waals surface area contributed by atoms with Crippen LogP contribution in [0.4, 0.5) is 23.0 Å². The van der Waals surface area contributed by atoms with E-state index in [0.29, 0.717) is 65.9 Å². The number of amides is 2. The van der Waals surface area contributed by atoms with Crippen LogP contribution in [-0.2, 0) is 37.8 Å². The molecule has 2 amide bonds. The summed E-state index contributed by atoms with van der Waals surface area (Å²) in [5.74, 6) is 0.900. The average molecular weight is 637 g/mol. The quantitative estimate of drug-likeness (QED) is 0.330. The van der Waals surface area contributed by atoms with Crippen LogP contribution >= 0.6 is 0 Å². The molecule has 12 nitrogen and oxygen atoms in total. The molecule has 1 aliphatic carbocycles. The summed E-state index contributed by atoms with van der Waals surface area (Å²) in [6.07, 6.45) is 7.03. The molecule has 4 aromatic heterocycles. The molecule has 1 saturated heterocycles. The molecule has 6 heterocycles. The van der Waals surface area contributed by atoms with Crippen LogP contribution in [0, 0.1) is 5.41 Å². The molecule has 0 saturated carbocycles. The Morgan fingerprint density at radius 3 is 2.49 bits per heavy atom. The smallest absolute Gasteiger partial charge is 0.276 e. The third-order valence-corrected chi connectivity index (χ3v) is 9.67. The van der Waals surface area contributed by atoms with Gasteiger partial charge in [-0.3, -0.25) is 19.3 Å². The summed E-state index contributed by atoms with van der Waals surface area (Å²) in [5, 5.41) is 13.8. The number of aromatic nitrogens is 4. The molecule has 0 aromatic carbocycles. The fourth-order valence-electron chi connectivity index (χ4n) is 7.27. The van der Waals surface area contributed by atoms with Gasteiger partial charge in [-0.2, -0.15) is 0 Å². The first-order chi connectivity index (χ1) is 22.5. The molecule has 0 unspecified atom stereocenters. The zero-order valence-electron chi connectivity index (χ0n) is 27.3. The molecule has 2 N–H and O–H groups in total. The molecular weight excluding hydrogens is 596 g/mol. The molecule has 244 valence electrons. The van der Waals surface area contributed by atoms with Crippen LogP contribution < -0.4 is 20.7 Å². The van der Waals surface area contributed by atoms with Gasteiger partial charge in [0.25, 0.3) is 11.5 Å². The highest BCUT2D eigenvalue weighted by Crippen LogP contribution is 2.40. The SMILES string of the molecule is CC(=O)N1CCN(c2ccc(Nc3cc(-c4ccnc(N5CCn6c(cc7c6CC(C)(C)C7)C5=O)c4CO)cn(C)c3=O)nc2)CC1. The number of nitrogens with zero attached hydrogens (tertiary/aromatic N) is 7. The van der Waals surface area contributed by atoms with Crippen molar-refractivity contribution in [2.24, 2.45) is 12.5 Å². The first-order valence-corrected chi connectivity index (χ1v) is 16.1. The predicted molar refractivity (Wildman–Crippen MR) is 180 cm³/mol. The molecule has 2 aliphatic heterocycles. The van der Waals surface area contributed by atoms with E-state index in [1.165, 1.54) is 15.8 Å². The molecule has 0 bridgehead atoms. The molecule has 1 fully saturated rings. The van der Waals surface area contributed by atoms with Gasteiger partial charge in [-0.25, -0.2) is 9.97 Å². The fraction of sp³-hybridized carbons (Fsp3) is 0.400. The van der Waals surface area contributed by atoms with Crippen LogP contribution in [-0.4, -0.2) is 73.6 Å². The Hall–Kier alpha value is -4.97. The highest BCUT2D eigenvalue weighted by molar-refractivity contribution is 6.06. The first kappa shape index (κ1) is 30.7. The third-order valence-electron chi connectivity index (χ3n) is 9.67. The van der Waals surface area contributed by atoms with Crippen LogP contribution in [0.15, 0.2) is 53.7 Å². The normalized spacial score (nSPS) is 17.1. The van der Waals surface area contributed by atoms with Crippen LogP contribution in [0.5, 0.6) is 0 Å². The van der Waals surface area contributed by atoms with Gasteiger partial charge in [0.1, 0.15) is 23.0 Å². The summed E-state index contributed by atoms with van der Waals surface area (Å²) in [6.45, 7) is 9.69. The molecule has 0 spiro atoms. The summed E-state index contributed by atoms with van der Waals surface area (Å²) in [5.41, 5.74) is 6.29. The second kappa shape index (κ2) is 11.7. The minimum absolute atomic E-state index is 0.0859. The van der Waals surface area contributed by atoms with Gasteiger partial charge in [-0.15, -0.1) is 0 Å². The molecule has 47 heavy (non-hydrogen) atoms. The monoisotopic (exact) mass is 636 g/mol. The van der Waals surface area contributed by atoms with Gasteiger partial charge < -0.3 is 29.4 Å². The summed E-state index contributed by atoms with van der Waals surface area (Å²) < 4.78 is 3.65. The highest BCUT2D eigenvalue weighted by Gasteiger charge is 2.37. The molecule has 12 heteroatoms. The van der Waals surface area contributed by atoms with Crippen molar-refractivity contribution in [2.45, 2.75) is 46.8 Å². The van der Waals surface area contributed by atoms with Crippen LogP contribution in [0.3, 0.4) is 0 Å². The van der Waals surface area contributed by atoms with E-state index in [1.54, 1.807) is 49.6 Å². The number of carbonyl (C=O) groups excluding carboxylic acids is 2. The van der Waals surface area contributed by atoms with Gasteiger partial charge in [0.15, 0.2) is 0 Å². The van der Waals surface area contributed by atoms with E-state index < -0.39 is 0 Å². The number of anilines is 4. The van der Waals surface area contributed by atoms with E-state index in [4.69, 9.17) is 0 Å². The molecular formula is C35H40N8O4. The number of hydrogen-bond donors (Lipinski definition) is 2. The number of carbonyl (C=O) groups is 2. The summed E-state index contributed by atoms with van der Waals surface area (Å²) >= 11 is 0. The van der Waals surface area contributed by atoms with Crippen LogP contribution in [0.25, 0.3) is 11.1 Å². The molecule has 0 atom stereocenters. The van der Waals surface area contributed by atoms with E-state index >= 15 is 0 Å². The first-order valence-electron chi connectivity index (χ1n) is 16.1. The lowest BCUT2D eigenvalue weighted by atomic mass is 9.90. The fourth-order valence-corrected chi connectivity index (χ4v) is 7.27. The highest BCUT2D eigenvalue weighted by atomic mass is 16.3. The Balaban J connectivity index is 1.14. The Morgan fingerprint density at radius 2 is 1.79 bits per heavy atom. The Labute approximate surface area is 273 Å². The number of piperazine rings is 1. The maximum Gasteiger partial charge on any atom is 0.276 e. The van der Waals surface area contributed by atoms with Crippen molar-refractivity contribution in [2.75, 3.05) is 47.8 Å². The zero-order chi connectivity index (χ0) is 33.0. The van der Waals surface area contributed by atoms with Crippen LogP contribution in [0.1, 0.15) is 48.1 Å². The third kappa shape index (κ3) is 5.56. The van der Waals surface area contributed by atoms with E-state index in [1.807, 2.05) is 23.1 Å². The Kier molecular flexibility index (Phi) is 7.62. The zero-order valence-corrected chi connectivity index (χ0v) is 27.3. The van der Waals surface area contributed by atoms with Gasteiger partial charge in [-0.05, 0) is 59.7 Å². The van der Waals surface area contributed by atoms with Crippen molar-refractivity contribution in [1.82, 2.24) is 24.0 Å². The lowest BCUT2D eigenvalue weighted by molar-refractivity contribution is -0.129. The standard InChI is InChI=1S/C35H40N8O4/c1-22(45)40-9-11-41(12-10-40)25-5-6-31(37-19-25)38-28-15-24(20-39(4)33(28)46)26-7-8-36-32(27(26)21-44)43-14-13-42-29(34(43)47)16-23-17-35(2,3)18-30(23)42/h5-8,15-16,19-20,44H,9-14,17-18,21H2,1-4H3,(H,37,38). The van der Waals surface area contributed by atoms with Crippen molar-refractivity contribution in [3.05, 3.63) is 81.8 Å². The maximum absolute atomic E-state index is 13.8. The number of fused-ring (bicyclic) bond motifs is 3. The molecule has 3 aliphatic rings. The van der Waals surface area contributed by atoms with Crippen molar-refractivity contribution >= 4 is 34.8 Å². The number of rotatable bonds is 6. The van der Waals surface area contributed by atoms with Crippen molar-refractivity contribution in [1.29, 1.82) is 0 Å². The van der Waals surface area contributed by atoms with Gasteiger partial charge in [-0.1, -0.05) is 13.8 Å².